The fourth-order valence-electron chi connectivity index (χ4n) is 2.19. The van der Waals surface area contributed by atoms with Crippen LogP contribution in [0.2, 0.25) is 0 Å². The molecule has 23 heavy (non-hydrogen) atoms. The van der Waals surface area contributed by atoms with Crippen molar-refractivity contribution in [3.63, 3.8) is 0 Å². The van der Waals surface area contributed by atoms with Gasteiger partial charge in [-0.15, -0.1) is 0 Å². The Labute approximate surface area is 132 Å². The van der Waals surface area contributed by atoms with Crippen molar-refractivity contribution in [1.82, 2.24) is 19.7 Å². The summed E-state index contributed by atoms with van der Waals surface area (Å²) < 4.78 is 11.7. The molecule has 0 atom stereocenters. The van der Waals surface area contributed by atoms with Crippen LogP contribution in [0, 0.1) is 0 Å². The quantitative estimate of drug-likeness (QED) is 0.732. The number of aromatic nitrogens is 4. The zero-order valence-electron chi connectivity index (χ0n) is 12.8. The second kappa shape index (κ2) is 6.35. The number of H-pyrrole nitrogens is 1. The van der Waals surface area contributed by atoms with Gasteiger partial charge < -0.3 is 14.5 Å². The first-order chi connectivity index (χ1) is 11.2. The van der Waals surface area contributed by atoms with Crippen LogP contribution in [0.4, 0.5) is 0 Å². The zero-order chi connectivity index (χ0) is 16.2. The summed E-state index contributed by atoms with van der Waals surface area (Å²) in [5.41, 5.74) is 2.64. The van der Waals surface area contributed by atoms with E-state index in [1.54, 1.807) is 37.0 Å². The number of carbonyl (C=O) groups is 1. The Morgan fingerprint density at radius 3 is 2.83 bits per heavy atom. The Kier molecular flexibility index (Phi) is 4.09. The predicted octanol–water partition coefficient (Wildman–Crippen LogP) is 2.45. The molecule has 0 amide bonds. The Balaban J connectivity index is 2.07. The van der Waals surface area contributed by atoms with Crippen LogP contribution in [0.15, 0.2) is 42.9 Å². The van der Waals surface area contributed by atoms with Crippen molar-refractivity contribution in [2.24, 2.45) is 0 Å². The highest BCUT2D eigenvalue weighted by atomic mass is 16.5. The van der Waals surface area contributed by atoms with Crippen molar-refractivity contribution in [1.29, 1.82) is 0 Å². The van der Waals surface area contributed by atoms with Crippen LogP contribution in [-0.2, 0) is 4.74 Å². The molecule has 0 fully saturated rings. The van der Waals surface area contributed by atoms with Crippen molar-refractivity contribution in [2.75, 3.05) is 13.7 Å². The first-order valence-corrected chi connectivity index (χ1v) is 7.13. The van der Waals surface area contributed by atoms with Gasteiger partial charge in [-0.2, -0.15) is 5.10 Å². The standard InChI is InChI=1S/C16H16N4O3/c1-3-23-16(21)13-8-14(11-6-7-17-9-11)20(19-13)12-4-5-15(22-2)18-10-12/h4-10,17H,3H2,1-2H3. The lowest BCUT2D eigenvalue weighted by molar-refractivity contribution is 0.0519. The van der Waals surface area contributed by atoms with Gasteiger partial charge in [0.1, 0.15) is 0 Å². The summed E-state index contributed by atoms with van der Waals surface area (Å²) in [5.74, 6) is 0.0548. The zero-order valence-corrected chi connectivity index (χ0v) is 12.8. The summed E-state index contributed by atoms with van der Waals surface area (Å²) in [6.07, 6.45) is 5.28. The van der Waals surface area contributed by atoms with Crippen molar-refractivity contribution in [3.05, 3.63) is 48.5 Å². The van der Waals surface area contributed by atoms with Gasteiger partial charge in [-0.1, -0.05) is 0 Å². The average molecular weight is 312 g/mol. The van der Waals surface area contributed by atoms with E-state index in [-0.39, 0.29) is 5.69 Å². The number of aromatic amines is 1. The highest BCUT2D eigenvalue weighted by Crippen LogP contribution is 2.24. The molecule has 1 N–H and O–H groups in total. The molecule has 0 aliphatic rings. The molecule has 3 heterocycles. The second-order valence-electron chi connectivity index (χ2n) is 4.71. The Hall–Kier alpha value is -3.09. The van der Waals surface area contributed by atoms with E-state index in [1.807, 2.05) is 24.5 Å². The number of nitrogens with zero attached hydrogens (tertiary/aromatic N) is 3. The van der Waals surface area contributed by atoms with Crippen LogP contribution in [0.1, 0.15) is 17.4 Å². The number of rotatable bonds is 5. The molecule has 3 aromatic rings. The van der Waals surface area contributed by atoms with E-state index in [9.17, 15) is 4.79 Å². The molecule has 0 unspecified atom stereocenters. The number of hydrogen-bond acceptors (Lipinski definition) is 5. The third-order valence-electron chi connectivity index (χ3n) is 3.26. The number of hydrogen-bond donors (Lipinski definition) is 1. The molecule has 3 rings (SSSR count). The maximum Gasteiger partial charge on any atom is 0.358 e. The van der Waals surface area contributed by atoms with Gasteiger partial charge in [-0.25, -0.2) is 14.5 Å². The highest BCUT2D eigenvalue weighted by molar-refractivity contribution is 5.89. The minimum absolute atomic E-state index is 0.249. The largest absolute Gasteiger partial charge is 0.481 e. The van der Waals surface area contributed by atoms with E-state index in [4.69, 9.17) is 9.47 Å². The predicted molar refractivity (Wildman–Crippen MR) is 83.7 cm³/mol. The topological polar surface area (TPSA) is 82.0 Å². The molecule has 0 saturated heterocycles. The van der Waals surface area contributed by atoms with Crippen LogP contribution in [0.25, 0.3) is 16.9 Å². The smallest absolute Gasteiger partial charge is 0.358 e. The number of methoxy groups -OCH3 is 1. The number of pyridine rings is 1. The van der Waals surface area contributed by atoms with Crippen LogP contribution in [0.5, 0.6) is 5.88 Å². The fourth-order valence-corrected chi connectivity index (χ4v) is 2.19. The summed E-state index contributed by atoms with van der Waals surface area (Å²) in [6, 6.07) is 7.16. The maximum absolute atomic E-state index is 12.0. The summed E-state index contributed by atoms with van der Waals surface area (Å²) in [7, 11) is 1.56. The first-order valence-electron chi connectivity index (χ1n) is 7.13. The van der Waals surface area contributed by atoms with Crippen LogP contribution >= 0.6 is 0 Å². The molecule has 0 saturated carbocycles. The van der Waals surface area contributed by atoms with E-state index in [0.29, 0.717) is 12.5 Å². The molecule has 118 valence electrons. The van der Waals surface area contributed by atoms with Gasteiger partial charge in [0.15, 0.2) is 5.69 Å². The highest BCUT2D eigenvalue weighted by Gasteiger charge is 2.18. The SMILES string of the molecule is CCOC(=O)c1cc(-c2cc[nH]c2)n(-c2ccc(OC)nc2)n1. The molecule has 0 spiro atoms. The van der Waals surface area contributed by atoms with Crippen LogP contribution in [0.3, 0.4) is 0 Å². The van der Waals surface area contributed by atoms with Gasteiger partial charge in [0, 0.05) is 24.0 Å². The van der Waals surface area contributed by atoms with E-state index in [2.05, 4.69) is 15.1 Å². The third kappa shape index (κ3) is 2.94. The van der Waals surface area contributed by atoms with Crippen molar-refractivity contribution in [3.8, 4) is 22.8 Å². The summed E-state index contributed by atoms with van der Waals surface area (Å²) in [4.78, 5) is 19.1. The van der Waals surface area contributed by atoms with Gasteiger partial charge >= 0.3 is 5.97 Å². The average Bonchev–Trinajstić information content (AvgIpc) is 3.24. The van der Waals surface area contributed by atoms with E-state index in [1.165, 1.54) is 0 Å². The third-order valence-corrected chi connectivity index (χ3v) is 3.26. The molecule has 0 radical (unpaired) electrons. The van der Waals surface area contributed by atoms with E-state index in [0.717, 1.165) is 16.9 Å². The van der Waals surface area contributed by atoms with Crippen molar-refractivity contribution in [2.45, 2.75) is 6.92 Å². The van der Waals surface area contributed by atoms with Crippen LogP contribution in [-0.4, -0.2) is 39.4 Å². The molecule has 3 aromatic heterocycles. The molecule has 0 bridgehead atoms. The summed E-state index contributed by atoms with van der Waals surface area (Å²) >= 11 is 0. The Bertz CT molecular complexity index is 791. The van der Waals surface area contributed by atoms with E-state index < -0.39 is 5.97 Å². The van der Waals surface area contributed by atoms with Gasteiger partial charge in [-0.3, -0.25) is 0 Å². The molecule has 0 aliphatic carbocycles. The van der Waals surface area contributed by atoms with Gasteiger partial charge in [0.2, 0.25) is 5.88 Å². The monoisotopic (exact) mass is 312 g/mol. The summed E-state index contributed by atoms with van der Waals surface area (Å²) in [6.45, 7) is 2.06. The normalized spacial score (nSPS) is 10.5. The number of ether oxygens (including phenoxy) is 2. The van der Waals surface area contributed by atoms with Gasteiger partial charge in [0.05, 0.1) is 31.3 Å². The maximum atomic E-state index is 12.0. The molecular weight excluding hydrogens is 296 g/mol. The van der Waals surface area contributed by atoms with Gasteiger partial charge in [0.25, 0.3) is 0 Å². The second-order valence-corrected chi connectivity index (χ2v) is 4.71. The lowest BCUT2D eigenvalue weighted by Gasteiger charge is -2.06. The van der Waals surface area contributed by atoms with Crippen molar-refractivity contribution >= 4 is 5.97 Å². The number of carbonyl (C=O) groups excluding carboxylic acids is 1. The molecule has 0 aliphatic heterocycles. The minimum Gasteiger partial charge on any atom is -0.481 e. The van der Waals surface area contributed by atoms with Crippen LogP contribution < -0.4 is 4.74 Å². The lowest BCUT2D eigenvalue weighted by atomic mass is 10.2. The first kappa shape index (κ1) is 14.8. The fraction of sp³-hybridized carbons (Fsp3) is 0.188. The number of nitrogens with one attached hydrogen (secondary N) is 1. The van der Waals surface area contributed by atoms with Gasteiger partial charge in [-0.05, 0) is 25.1 Å². The molecule has 7 heteroatoms. The van der Waals surface area contributed by atoms with Crippen molar-refractivity contribution < 1.29 is 14.3 Å². The Morgan fingerprint density at radius 1 is 1.35 bits per heavy atom. The summed E-state index contributed by atoms with van der Waals surface area (Å²) in [5, 5.41) is 4.36. The van der Waals surface area contributed by atoms with E-state index >= 15 is 0 Å². The molecule has 7 nitrogen and oxygen atoms in total. The lowest BCUT2D eigenvalue weighted by Crippen LogP contribution is -2.07. The molecule has 0 aromatic carbocycles. The molecular formula is C16H16N4O3. The minimum atomic E-state index is -0.454. The number of esters is 1. The Morgan fingerprint density at radius 2 is 2.22 bits per heavy atom.